The summed E-state index contributed by atoms with van der Waals surface area (Å²) in [5, 5.41) is 22.0. The van der Waals surface area contributed by atoms with E-state index >= 15 is 0 Å². The van der Waals surface area contributed by atoms with E-state index in [1.54, 1.807) is 17.8 Å². The van der Waals surface area contributed by atoms with Gasteiger partial charge in [-0.2, -0.15) is 0 Å². The van der Waals surface area contributed by atoms with E-state index in [1.165, 1.54) is 10.5 Å². The van der Waals surface area contributed by atoms with E-state index < -0.39 is 11.6 Å². The van der Waals surface area contributed by atoms with Crippen LogP contribution in [0.15, 0.2) is 58.5 Å². The van der Waals surface area contributed by atoms with Crippen LogP contribution in [0.3, 0.4) is 0 Å². The minimum Gasteiger partial charge on any atom is -0.389 e. The molecule has 0 heterocycles. The zero-order valence-electron chi connectivity index (χ0n) is 15.9. The van der Waals surface area contributed by atoms with Crippen molar-refractivity contribution < 1.29 is 10.0 Å². The monoisotopic (exact) mass is 375 g/mol. The summed E-state index contributed by atoms with van der Waals surface area (Å²) in [4.78, 5) is 13.0. The molecular weight excluding hydrogens is 346 g/mol. The molecule has 0 fully saturated rings. The molecule has 5 heteroatoms. The molecule has 0 amide bonds. The zero-order chi connectivity index (χ0) is 19.2. The van der Waals surface area contributed by atoms with Gasteiger partial charge in [0.25, 0.3) is 0 Å². The van der Waals surface area contributed by atoms with Gasteiger partial charge in [0.15, 0.2) is 0 Å². The Hall–Kier alpha value is -1.59. The molecule has 1 aromatic rings. The molecule has 1 aliphatic rings. The lowest BCUT2D eigenvalue weighted by atomic mass is 9.73. The molecule has 0 radical (unpaired) electrons. The smallest absolute Gasteiger partial charge is 0.228 e. The Morgan fingerprint density at radius 3 is 2.62 bits per heavy atom. The molecule has 0 unspecified atom stereocenters. The quantitative estimate of drug-likeness (QED) is 0.291. The first-order chi connectivity index (χ1) is 12.3. The van der Waals surface area contributed by atoms with Crippen LogP contribution in [0, 0.1) is 16.0 Å². The number of nitrogens with zero attached hydrogens (tertiary/aromatic N) is 1. The summed E-state index contributed by atoms with van der Waals surface area (Å²) in [6, 6.07) is 10.2. The summed E-state index contributed by atoms with van der Waals surface area (Å²) < 4.78 is 0. The first-order valence-corrected chi connectivity index (χ1v) is 10.2. The second-order valence-corrected chi connectivity index (χ2v) is 8.53. The molecule has 0 spiro atoms. The molecule has 0 saturated carbocycles. The lowest BCUT2D eigenvalue weighted by molar-refractivity contribution is -0.582. The van der Waals surface area contributed by atoms with Crippen molar-refractivity contribution in [1.29, 1.82) is 0 Å². The van der Waals surface area contributed by atoms with Crippen molar-refractivity contribution in [1.82, 2.24) is 0 Å². The molecule has 142 valence electrons. The van der Waals surface area contributed by atoms with E-state index in [1.807, 2.05) is 39.0 Å². The van der Waals surface area contributed by atoms with Gasteiger partial charge in [-0.05, 0) is 38.8 Å². The highest BCUT2D eigenvalue weighted by atomic mass is 32.2. The highest BCUT2D eigenvalue weighted by molar-refractivity contribution is 7.99. The summed E-state index contributed by atoms with van der Waals surface area (Å²) in [6.07, 6.45) is 5.40. The van der Waals surface area contributed by atoms with Gasteiger partial charge in [0, 0.05) is 34.3 Å². The molecule has 3 atom stereocenters. The van der Waals surface area contributed by atoms with Gasteiger partial charge in [0.2, 0.25) is 5.54 Å². The fourth-order valence-electron chi connectivity index (χ4n) is 3.55. The fraction of sp³-hybridized carbons (Fsp3) is 0.524. The third kappa shape index (κ3) is 5.45. The van der Waals surface area contributed by atoms with Gasteiger partial charge in [-0.1, -0.05) is 48.4 Å². The van der Waals surface area contributed by atoms with Gasteiger partial charge in [0.1, 0.15) is 0 Å². The second kappa shape index (κ2) is 9.38. The van der Waals surface area contributed by atoms with Crippen molar-refractivity contribution in [3.05, 3.63) is 63.7 Å². The predicted octanol–water partition coefficient (Wildman–Crippen LogP) is 5.26. The normalized spacial score (nSPS) is 22.2. The first-order valence-electron chi connectivity index (χ1n) is 9.17. The van der Waals surface area contributed by atoms with E-state index in [0.29, 0.717) is 19.3 Å². The minimum absolute atomic E-state index is 0.107. The number of hydrogen-bond donors (Lipinski definition) is 1. The number of aliphatic hydroxyl groups is 1. The van der Waals surface area contributed by atoms with E-state index in [2.05, 4.69) is 18.2 Å². The zero-order valence-corrected chi connectivity index (χ0v) is 16.7. The Morgan fingerprint density at radius 2 is 2.08 bits per heavy atom. The predicted molar refractivity (Wildman–Crippen MR) is 108 cm³/mol. The molecule has 1 aliphatic carbocycles. The average molecular weight is 376 g/mol. The minimum atomic E-state index is -0.961. The van der Waals surface area contributed by atoms with E-state index in [4.69, 9.17) is 0 Å². The van der Waals surface area contributed by atoms with E-state index in [-0.39, 0.29) is 10.8 Å². The van der Waals surface area contributed by atoms with Gasteiger partial charge in [-0.15, -0.1) is 11.8 Å². The molecule has 1 aromatic carbocycles. The lowest BCUT2D eigenvalue weighted by Crippen LogP contribution is -2.46. The molecule has 0 aliphatic heterocycles. The number of rotatable bonds is 8. The maximum absolute atomic E-state index is 11.9. The van der Waals surface area contributed by atoms with Crippen LogP contribution in [0.25, 0.3) is 0 Å². The Morgan fingerprint density at radius 1 is 1.38 bits per heavy atom. The maximum Gasteiger partial charge on any atom is 0.228 e. The van der Waals surface area contributed by atoms with Gasteiger partial charge in [0.05, 0.1) is 6.10 Å². The number of hydrogen-bond acceptors (Lipinski definition) is 4. The van der Waals surface area contributed by atoms with Crippen LogP contribution < -0.4 is 0 Å². The summed E-state index contributed by atoms with van der Waals surface area (Å²) >= 11 is 1.78. The van der Waals surface area contributed by atoms with Crippen LogP contribution in [0.1, 0.15) is 46.5 Å². The van der Waals surface area contributed by atoms with E-state index in [9.17, 15) is 15.2 Å². The van der Waals surface area contributed by atoms with Crippen LogP contribution in [-0.4, -0.2) is 27.4 Å². The van der Waals surface area contributed by atoms with Crippen LogP contribution in [0.5, 0.6) is 0 Å². The Balaban J connectivity index is 2.01. The summed E-state index contributed by atoms with van der Waals surface area (Å²) in [6.45, 7) is 5.76. The van der Waals surface area contributed by atoms with Crippen LogP contribution in [0.2, 0.25) is 0 Å². The second-order valence-electron chi connectivity index (χ2n) is 7.48. The molecular formula is C21H29NO3S. The third-order valence-corrected chi connectivity index (χ3v) is 6.31. The SMILES string of the molecule is CC(C)=C[C@@H](O)C[C@H](C)[C@]1([N+](=O)[O-])CC=C(CSc2ccccc2)CC1. The Kier molecular flexibility index (Phi) is 7.47. The molecule has 0 saturated heterocycles. The summed E-state index contributed by atoms with van der Waals surface area (Å²) in [7, 11) is 0. The van der Waals surface area contributed by atoms with Crippen LogP contribution in [0.4, 0.5) is 0 Å². The topological polar surface area (TPSA) is 63.4 Å². The lowest BCUT2D eigenvalue weighted by Gasteiger charge is -2.34. The molecule has 0 bridgehead atoms. The number of thioether (sulfide) groups is 1. The van der Waals surface area contributed by atoms with Crippen molar-refractivity contribution in [2.75, 3.05) is 5.75 Å². The number of allylic oxidation sites excluding steroid dienone is 1. The van der Waals surface area contributed by atoms with Crippen molar-refractivity contribution in [3.8, 4) is 0 Å². The third-order valence-electron chi connectivity index (χ3n) is 5.19. The molecule has 2 rings (SSSR count). The maximum atomic E-state index is 11.9. The fourth-order valence-corrected chi connectivity index (χ4v) is 4.52. The Bertz CT molecular complexity index is 667. The van der Waals surface area contributed by atoms with Crippen LogP contribution >= 0.6 is 11.8 Å². The van der Waals surface area contributed by atoms with Gasteiger partial charge in [-0.25, -0.2) is 0 Å². The molecule has 0 aromatic heterocycles. The van der Waals surface area contributed by atoms with Crippen molar-refractivity contribution in [3.63, 3.8) is 0 Å². The van der Waals surface area contributed by atoms with Crippen molar-refractivity contribution >= 4 is 11.8 Å². The molecule has 26 heavy (non-hydrogen) atoms. The largest absolute Gasteiger partial charge is 0.389 e. The van der Waals surface area contributed by atoms with Gasteiger partial charge >= 0.3 is 0 Å². The molecule has 1 N–H and O–H groups in total. The average Bonchev–Trinajstić information content (AvgIpc) is 2.60. The first kappa shape index (κ1) is 20.7. The van der Waals surface area contributed by atoms with Crippen molar-refractivity contribution in [2.45, 2.75) is 63.0 Å². The molecule has 4 nitrogen and oxygen atoms in total. The highest BCUT2D eigenvalue weighted by Crippen LogP contribution is 2.39. The van der Waals surface area contributed by atoms with Gasteiger partial charge < -0.3 is 5.11 Å². The number of benzene rings is 1. The highest BCUT2D eigenvalue weighted by Gasteiger charge is 2.48. The number of aliphatic hydroxyl groups excluding tert-OH is 1. The summed E-state index contributed by atoms with van der Waals surface area (Å²) in [5.41, 5.74) is 1.36. The van der Waals surface area contributed by atoms with Crippen LogP contribution in [-0.2, 0) is 0 Å². The standard InChI is InChI=1S/C21H29NO3S/c1-16(2)13-19(23)14-17(3)21(22(24)25)11-9-18(10-12-21)15-26-20-7-5-4-6-8-20/h4-9,13,17,19,23H,10-12,14-15H2,1-3H3/t17-,19+,21-/m0/s1. The van der Waals surface area contributed by atoms with E-state index in [0.717, 1.165) is 17.7 Å². The van der Waals surface area contributed by atoms with Crippen molar-refractivity contribution in [2.24, 2.45) is 5.92 Å². The number of nitro groups is 1. The Labute approximate surface area is 160 Å². The summed E-state index contributed by atoms with van der Waals surface area (Å²) in [5.74, 6) is 0.703. The van der Waals surface area contributed by atoms with Gasteiger partial charge in [-0.3, -0.25) is 10.1 Å².